The van der Waals surface area contributed by atoms with Crippen molar-refractivity contribution < 1.29 is 5.11 Å². The third-order valence-electron chi connectivity index (χ3n) is 6.31. The molecule has 140 valence electrons. The van der Waals surface area contributed by atoms with Crippen molar-refractivity contribution in [3.63, 3.8) is 0 Å². The zero-order valence-corrected chi connectivity index (χ0v) is 16.8. The van der Waals surface area contributed by atoms with Gasteiger partial charge in [-0.25, -0.2) is 0 Å². The molecule has 0 aliphatic heterocycles. The zero-order chi connectivity index (χ0) is 19.8. The Hall–Kier alpha value is -3.62. The molecule has 1 nitrogen and oxygen atoms in total. The van der Waals surface area contributed by atoms with Gasteiger partial charge in [-0.3, -0.25) is 0 Å². The molecule has 30 heavy (non-hydrogen) atoms. The smallest absolute Gasteiger partial charge is 0.134 e. The molecule has 6 aromatic carbocycles. The number of aromatic hydroxyl groups is 1. The summed E-state index contributed by atoms with van der Waals surface area (Å²) >= 11 is 1.68. The van der Waals surface area contributed by atoms with Gasteiger partial charge in [-0.1, -0.05) is 72.8 Å². The Morgan fingerprint density at radius 2 is 1.03 bits per heavy atom. The standard InChI is InChI=1S/C28H16OS/c29-25-13-16-7-1-2-8-17(16)27-24-14-22-20-11-5-3-9-18(20)19-10-4-6-12-21(19)23(22)15-26(24)30-28(25)27/h1-15,29H. The van der Waals surface area contributed by atoms with Crippen molar-refractivity contribution in [2.45, 2.75) is 0 Å². The predicted octanol–water partition coefficient (Wildman–Crippen LogP) is 8.37. The molecular weight excluding hydrogens is 384 g/mol. The number of benzene rings is 6. The second-order valence-corrected chi connectivity index (χ2v) is 8.96. The first-order chi connectivity index (χ1) is 14.8. The highest BCUT2D eigenvalue weighted by Crippen LogP contribution is 2.46. The number of hydrogen-bond donors (Lipinski definition) is 1. The minimum atomic E-state index is 0.365. The minimum Gasteiger partial charge on any atom is -0.506 e. The lowest BCUT2D eigenvalue weighted by molar-refractivity contribution is 0.483. The molecule has 0 atom stereocenters. The van der Waals surface area contributed by atoms with E-state index in [0.29, 0.717) is 5.75 Å². The van der Waals surface area contributed by atoms with Gasteiger partial charge in [-0.15, -0.1) is 11.3 Å². The van der Waals surface area contributed by atoms with Crippen LogP contribution in [0.4, 0.5) is 0 Å². The van der Waals surface area contributed by atoms with Gasteiger partial charge in [-0.2, -0.15) is 0 Å². The summed E-state index contributed by atoms with van der Waals surface area (Å²) in [6, 6.07) is 32.2. The summed E-state index contributed by atoms with van der Waals surface area (Å²) in [5, 5.41) is 23.1. The van der Waals surface area contributed by atoms with E-state index in [1.807, 2.05) is 12.1 Å². The lowest BCUT2D eigenvalue weighted by atomic mass is 9.93. The highest BCUT2D eigenvalue weighted by atomic mass is 32.1. The quantitative estimate of drug-likeness (QED) is 0.253. The van der Waals surface area contributed by atoms with Crippen LogP contribution in [0.5, 0.6) is 5.75 Å². The molecule has 0 aliphatic carbocycles. The van der Waals surface area contributed by atoms with Gasteiger partial charge >= 0.3 is 0 Å². The lowest BCUT2D eigenvalue weighted by Gasteiger charge is -2.10. The van der Waals surface area contributed by atoms with Gasteiger partial charge in [0.2, 0.25) is 0 Å². The molecule has 0 amide bonds. The summed E-state index contributed by atoms with van der Waals surface area (Å²) in [6.07, 6.45) is 0. The normalized spacial score (nSPS) is 12.1. The monoisotopic (exact) mass is 400 g/mol. The van der Waals surface area contributed by atoms with Crippen molar-refractivity contribution in [3.05, 3.63) is 91.0 Å². The van der Waals surface area contributed by atoms with E-state index in [2.05, 4.69) is 78.9 Å². The number of hydrogen-bond acceptors (Lipinski definition) is 2. The first-order valence-electron chi connectivity index (χ1n) is 10.1. The zero-order valence-electron chi connectivity index (χ0n) is 16.0. The predicted molar refractivity (Wildman–Crippen MR) is 131 cm³/mol. The van der Waals surface area contributed by atoms with Crippen LogP contribution in [0.15, 0.2) is 91.0 Å². The fraction of sp³-hybridized carbons (Fsp3) is 0. The Labute approximate surface area is 176 Å². The third kappa shape index (κ3) is 2.01. The van der Waals surface area contributed by atoms with Crippen LogP contribution in [0.25, 0.3) is 63.3 Å². The summed E-state index contributed by atoms with van der Waals surface area (Å²) in [6.45, 7) is 0. The Bertz CT molecular complexity index is 1810. The van der Waals surface area contributed by atoms with E-state index >= 15 is 0 Å². The maximum atomic E-state index is 10.8. The van der Waals surface area contributed by atoms with Crippen molar-refractivity contribution in [3.8, 4) is 5.75 Å². The fourth-order valence-electron chi connectivity index (χ4n) is 5.01. The van der Waals surface area contributed by atoms with Crippen LogP contribution in [-0.2, 0) is 0 Å². The summed E-state index contributed by atoms with van der Waals surface area (Å²) in [4.78, 5) is 0. The highest BCUT2D eigenvalue weighted by molar-refractivity contribution is 7.26. The molecule has 0 saturated heterocycles. The summed E-state index contributed by atoms with van der Waals surface area (Å²) in [7, 11) is 0. The molecule has 0 bridgehead atoms. The molecule has 1 aromatic heterocycles. The average molecular weight is 401 g/mol. The topological polar surface area (TPSA) is 20.2 Å². The SMILES string of the molecule is Oc1cc2ccccc2c2c1sc1cc3c4ccccc4c4ccccc4c3cc12. The molecule has 2 heteroatoms. The number of rotatable bonds is 0. The second-order valence-electron chi connectivity index (χ2n) is 7.91. The van der Waals surface area contributed by atoms with Crippen molar-refractivity contribution in [2.75, 3.05) is 0 Å². The Kier molecular flexibility index (Phi) is 3.09. The molecular formula is C28H16OS. The summed E-state index contributed by atoms with van der Waals surface area (Å²) in [5.41, 5.74) is 0. The molecule has 0 aliphatic rings. The molecule has 0 unspecified atom stereocenters. The summed E-state index contributed by atoms with van der Waals surface area (Å²) in [5.74, 6) is 0.365. The first-order valence-corrected chi connectivity index (χ1v) is 10.9. The van der Waals surface area contributed by atoms with E-state index in [0.717, 1.165) is 15.5 Å². The molecule has 1 N–H and O–H groups in total. The highest BCUT2D eigenvalue weighted by Gasteiger charge is 2.16. The molecule has 1 heterocycles. The first kappa shape index (κ1) is 16.2. The van der Waals surface area contributed by atoms with E-state index in [4.69, 9.17) is 0 Å². The minimum absolute atomic E-state index is 0.365. The second kappa shape index (κ2) is 5.71. The van der Waals surface area contributed by atoms with Gasteiger partial charge in [0.1, 0.15) is 5.75 Å². The van der Waals surface area contributed by atoms with Crippen molar-refractivity contribution in [1.29, 1.82) is 0 Å². The van der Waals surface area contributed by atoms with E-state index in [9.17, 15) is 5.11 Å². The molecule has 0 radical (unpaired) electrons. The number of fused-ring (bicyclic) bond motifs is 11. The van der Waals surface area contributed by atoms with Gasteiger partial charge in [-0.05, 0) is 61.3 Å². The lowest BCUT2D eigenvalue weighted by Crippen LogP contribution is -1.83. The largest absolute Gasteiger partial charge is 0.506 e. The molecule has 7 aromatic rings. The van der Waals surface area contributed by atoms with Crippen LogP contribution < -0.4 is 0 Å². The van der Waals surface area contributed by atoms with E-state index in [-0.39, 0.29) is 0 Å². The maximum absolute atomic E-state index is 10.8. The van der Waals surface area contributed by atoms with Gasteiger partial charge < -0.3 is 5.11 Å². The van der Waals surface area contributed by atoms with Crippen LogP contribution in [0.3, 0.4) is 0 Å². The van der Waals surface area contributed by atoms with Crippen LogP contribution in [0.2, 0.25) is 0 Å². The number of phenolic OH excluding ortho intramolecular Hbond substituents is 1. The molecule has 0 saturated carbocycles. The fourth-order valence-corrected chi connectivity index (χ4v) is 6.16. The van der Waals surface area contributed by atoms with Crippen molar-refractivity contribution >= 4 is 74.6 Å². The van der Waals surface area contributed by atoms with Crippen LogP contribution in [0.1, 0.15) is 0 Å². The van der Waals surface area contributed by atoms with Gasteiger partial charge in [0.05, 0.1) is 4.70 Å². The van der Waals surface area contributed by atoms with E-state index in [1.165, 1.54) is 47.8 Å². The molecule has 7 rings (SSSR count). The number of thiophene rings is 1. The van der Waals surface area contributed by atoms with Crippen LogP contribution >= 0.6 is 11.3 Å². The van der Waals surface area contributed by atoms with E-state index in [1.54, 1.807) is 11.3 Å². The third-order valence-corrected chi connectivity index (χ3v) is 7.48. The van der Waals surface area contributed by atoms with E-state index < -0.39 is 0 Å². The Balaban J connectivity index is 1.80. The van der Waals surface area contributed by atoms with Gasteiger partial charge in [0.25, 0.3) is 0 Å². The average Bonchev–Trinajstić information content (AvgIpc) is 3.18. The van der Waals surface area contributed by atoms with Crippen molar-refractivity contribution in [1.82, 2.24) is 0 Å². The molecule has 0 fully saturated rings. The maximum Gasteiger partial charge on any atom is 0.134 e. The Morgan fingerprint density at radius 1 is 0.500 bits per heavy atom. The Morgan fingerprint density at radius 3 is 1.70 bits per heavy atom. The van der Waals surface area contributed by atoms with Crippen molar-refractivity contribution in [2.24, 2.45) is 0 Å². The summed E-state index contributed by atoms with van der Waals surface area (Å²) < 4.78 is 2.18. The van der Waals surface area contributed by atoms with Crippen LogP contribution in [0, 0.1) is 0 Å². The van der Waals surface area contributed by atoms with Gasteiger partial charge in [0, 0.05) is 15.5 Å². The molecule has 0 spiro atoms. The van der Waals surface area contributed by atoms with Crippen LogP contribution in [-0.4, -0.2) is 5.11 Å². The van der Waals surface area contributed by atoms with Gasteiger partial charge in [0.15, 0.2) is 0 Å². The number of phenols is 1.